The van der Waals surface area contributed by atoms with Crippen LogP contribution in [0.25, 0.3) is 0 Å². The van der Waals surface area contributed by atoms with Gasteiger partial charge in [-0.3, -0.25) is 0 Å². The smallest absolute Gasteiger partial charge is 0.185 e. The van der Waals surface area contributed by atoms with E-state index in [2.05, 4.69) is 10.3 Å². The zero-order valence-electron chi connectivity index (χ0n) is 18.7. The molecule has 1 aliphatic rings. The van der Waals surface area contributed by atoms with Gasteiger partial charge in [0.15, 0.2) is 5.88 Å². The summed E-state index contributed by atoms with van der Waals surface area (Å²) < 4.78 is 24.7. The molecule has 0 amide bonds. The van der Waals surface area contributed by atoms with Gasteiger partial charge in [-0.1, -0.05) is 30.3 Å². The van der Waals surface area contributed by atoms with Gasteiger partial charge < -0.3 is 31.4 Å². The lowest BCUT2D eigenvalue weighted by molar-refractivity contribution is 0.107. The first-order valence-electron chi connectivity index (χ1n) is 10.8. The third-order valence-corrected chi connectivity index (χ3v) is 5.15. The molecular weight excluding hydrogens is 423 g/mol. The number of aliphatic hydroxyl groups is 1. The molecular formula is C25H31FN4O3. The van der Waals surface area contributed by atoms with Crippen molar-refractivity contribution in [1.82, 2.24) is 5.32 Å². The zero-order chi connectivity index (χ0) is 23.6. The standard InChI is InChI=1S/C25H31FN4O3/c1-32-24(28)12-23(25(31)21(27)14-29-13-17-7-8-17)30-22-10-9-20(26)11-19(22)16-33-15-18-5-3-2-4-6-18/h2-6,9-12,14,17,25,29,31H,7-8,13,15-16,27-28H2,1H3/b21-14-,24-12?,30-23?. The topological polar surface area (TPSA) is 115 Å². The zero-order valence-corrected chi connectivity index (χ0v) is 18.7. The van der Waals surface area contributed by atoms with Crippen molar-refractivity contribution in [3.63, 3.8) is 0 Å². The van der Waals surface area contributed by atoms with E-state index in [1.165, 1.54) is 44.2 Å². The first-order valence-corrected chi connectivity index (χ1v) is 10.8. The van der Waals surface area contributed by atoms with Crippen LogP contribution in [-0.4, -0.2) is 30.6 Å². The Morgan fingerprint density at radius 2 is 1.97 bits per heavy atom. The highest BCUT2D eigenvalue weighted by Gasteiger charge is 2.21. The average Bonchev–Trinajstić information content (AvgIpc) is 3.64. The fraction of sp³-hybridized carbons (Fsp3) is 0.320. The number of hydrogen-bond acceptors (Lipinski definition) is 7. The first-order chi connectivity index (χ1) is 16.0. The third-order valence-electron chi connectivity index (χ3n) is 5.15. The molecule has 0 radical (unpaired) electrons. The summed E-state index contributed by atoms with van der Waals surface area (Å²) >= 11 is 0. The van der Waals surface area contributed by atoms with Gasteiger partial charge in [0.25, 0.3) is 0 Å². The number of nitrogens with zero attached hydrogens (tertiary/aromatic N) is 1. The monoisotopic (exact) mass is 454 g/mol. The quantitative estimate of drug-likeness (QED) is 0.289. The van der Waals surface area contributed by atoms with Crippen LogP contribution in [-0.2, 0) is 22.7 Å². The van der Waals surface area contributed by atoms with Gasteiger partial charge in [-0.25, -0.2) is 9.38 Å². The second-order valence-corrected chi connectivity index (χ2v) is 7.94. The van der Waals surface area contributed by atoms with E-state index in [9.17, 15) is 9.50 Å². The van der Waals surface area contributed by atoms with Gasteiger partial charge in [0, 0.05) is 24.4 Å². The van der Waals surface area contributed by atoms with Gasteiger partial charge in [-0.05, 0) is 42.5 Å². The Bertz CT molecular complexity index is 1000. The molecule has 33 heavy (non-hydrogen) atoms. The first kappa shape index (κ1) is 24.3. The summed E-state index contributed by atoms with van der Waals surface area (Å²) in [6.45, 7) is 1.30. The number of methoxy groups -OCH3 is 1. The molecule has 0 spiro atoms. The largest absolute Gasteiger partial charge is 0.483 e. The number of benzene rings is 2. The van der Waals surface area contributed by atoms with Crippen LogP contribution in [0.2, 0.25) is 0 Å². The number of hydrogen-bond donors (Lipinski definition) is 4. The highest BCUT2D eigenvalue weighted by molar-refractivity contribution is 6.02. The van der Waals surface area contributed by atoms with Crippen molar-refractivity contribution in [3.05, 3.63) is 89.3 Å². The minimum Gasteiger partial charge on any atom is -0.483 e. The number of aliphatic hydroxyl groups excluding tert-OH is 1. The Hall–Kier alpha value is -3.36. The molecule has 3 rings (SSSR count). The Balaban J connectivity index is 1.81. The summed E-state index contributed by atoms with van der Waals surface area (Å²) in [6.07, 6.45) is 4.12. The fourth-order valence-electron chi connectivity index (χ4n) is 3.06. The summed E-state index contributed by atoms with van der Waals surface area (Å²) in [6, 6.07) is 13.8. The number of nitrogens with two attached hydrogens (primary N) is 2. The molecule has 0 heterocycles. The van der Waals surface area contributed by atoms with Gasteiger partial charge in [-0.15, -0.1) is 0 Å². The number of halogens is 1. The Kier molecular flexibility index (Phi) is 8.86. The SMILES string of the molecule is COC(N)=CC(=Nc1ccc(F)cc1COCc1ccccc1)C(O)/C(N)=C/NCC1CC1. The van der Waals surface area contributed by atoms with E-state index in [4.69, 9.17) is 20.9 Å². The molecule has 0 aliphatic heterocycles. The highest BCUT2D eigenvalue weighted by Crippen LogP contribution is 2.27. The van der Waals surface area contributed by atoms with E-state index < -0.39 is 11.9 Å². The van der Waals surface area contributed by atoms with Gasteiger partial charge in [-0.2, -0.15) is 0 Å². The van der Waals surface area contributed by atoms with E-state index in [0.717, 1.165) is 12.1 Å². The van der Waals surface area contributed by atoms with E-state index in [0.29, 0.717) is 23.8 Å². The van der Waals surface area contributed by atoms with Crippen LogP contribution in [0.4, 0.5) is 10.1 Å². The van der Waals surface area contributed by atoms with Crippen LogP contribution < -0.4 is 16.8 Å². The number of ether oxygens (including phenoxy) is 2. The Labute approximate surface area is 193 Å². The predicted octanol–water partition coefficient (Wildman–Crippen LogP) is 3.22. The molecule has 6 N–H and O–H groups in total. The minimum absolute atomic E-state index is 0.0514. The second-order valence-electron chi connectivity index (χ2n) is 7.94. The van der Waals surface area contributed by atoms with E-state index in [1.807, 2.05) is 30.3 Å². The van der Waals surface area contributed by atoms with Crippen LogP contribution in [0, 0.1) is 11.7 Å². The van der Waals surface area contributed by atoms with Gasteiger partial charge in [0.2, 0.25) is 0 Å². The second kappa shape index (κ2) is 12.0. The summed E-state index contributed by atoms with van der Waals surface area (Å²) in [5.74, 6) is 0.293. The molecule has 1 aliphatic carbocycles. The Morgan fingerprint density at radius 3 is 2.67 bits per heavy atom. The highest BCUT2D eigenvalue weighted by atomic mass is 19.1. The molecule has 7 nitrogen and oxygen atoms in total. The molecule has 1 saturated carbocycles. The molecule has 1 fully saturated rings. The normalized spacial score (nSPS) is 15.9. The van der Waals surface area contributed by atoms with Crippen LogP contribution in [0.15, 0.2) is 77.4 Å². The molecule has 2 aromatic carbocycles. The van der Waals surface area contributed by atoms with Crippen molar-refractivity contribution >= 4 is 11.4 Å². The molecule has 176 valence electrons. The number of aliphatic imine (C=N–C) groups is 1. The Morgan fingerprint density at radius 1 is 1.21 bits per heavy atom. The van der Waals surface area contributed by atoms with Crippen LogP contribution >= 0.6 is 0 Å². The van der Waals surface area contributed by atoms with Crippen LogP contribution in [0.5, 0.6) is 0 Å². The van der Waals surface area contributed by atoms with Crippen molar-refractivity contribution in [3.8, 4) is 0 Å². The maximum absolute atomic E-state index is 14.0. The lowest BCUT2D eigenvalue weighted by atomic mass is 10.1. The fourth-order valence-corrected chi connectivity index (χ4v) is 3.06. The summed E-state index contributed by atoms with van der Waals surface area (Å²) in [5.41, 5.74) is 14.2. The molecule has 8 heteroatoms. The van der Waals surface area contributed by atoms with Crippen molar-refractivity contribution in [2.45, 2.75) is 32.2 Å². The van der Waals surface area contributed by atoms with E-state index in [-0.39, 0.29) is 23.9 Å². The van der Waals surface area contributed by atoms with Gasteiger partial charge >= 0.3 is 0 Å². The van der Waals surface area contributed by atoms with Gasteiger partial charge in [0.05, 0.1) is 37.4 Å². The van der Waals surface area contributed by atoms with Crippen molar-refractivity contribution < 1.29 is 19.0 Å². The maximum Gasteiger partial charge on any atom is 0.185 e. The van der Waals surface area contributed by atoms with Crippen molar-refractivity contribution in [2.75, 3.05) is 13.7 Å². The molecule has 0 bridgehead atoms. The number of nitrogens with one attached hydrogen (secondary N) is 1. The summed E-state index contributed by atoms with van der Waals surface area (Å²) in [7, 11) is 1.41. The van der Waals surface area contributed by atoms with E-state index >= 15 is 0 Å². The average molecular weight is 455 g/mol. The maximum atomic E-state index is 14.0. The molecule has 2 aromatic rings. The van der Waals surface area contributed by atoms with E-state index in [1.54, 1.807) is 6.20 Å². The molecule has 1 unspecified atom stereocenters. The summed E-state index contributed by atoms with van der Waals surface area (Å²) in [5, 5.41) is 13.9. The summed E-state index contributed by atoms with van der Waals surface area (Å²) in [4.78, 5) is 4.52. The van der Waals surface area contributed by atoms with Crippen LogP contribution in [0.3, 0.4) is 0 Å². The molecule has 0 saturated heterocycles. The van der Waals surface area contributed by atoms with Crippen molar-refractivity contribution in [1.29, 1.82) is 0 Å². The number of rotatable bonds is 12. The van der Waals surface area contributed by atoms with Gasteiger partial charge in [0.1, 0.15) is 11.9 Å². The lowest BCUT2D eigenvalue weighted by Gasteiger charge is -2.15. The molecule has 0 aromatic heterocycles. The molecule has 1 atom stereocenters. The van der Waals surface area contributed by atoms with Crippen molar-refractivity contribution in [2.24, 2.45) is 22.4 Å². The van der Waals surface area contributed by atoms with Crippen LogP contribution in [0.1, 0.15) is 24.0 Å². The lowest BCUT2D eigenvalue weighted by Crippen LogP contribution is -2.29. The predicted molar refractivity (Wildman–Crippen MR) is 127 cm³/mol. The third kappa shape index (κ3) is 7.93. The minimum atomic E-state index is -1.24.